The summed E-state index contributed by atoms with van der Waals surface area (Å²) in [6.07, 6.45) is 3.87. The van der Waals surface area contributed by atoms with Crippen LogP contribution in [0.25, 0.3) is 11.3 Å². The molecule has 4 nitrogen and oxygen atoms in total. The molecule has 0 bridgehead atoms. The fourth-order valence-electron chi connectivity index (χ4n) is 3.40. The van der Waals surface area contributed by atoms with Gasteiger partial charge in [0, 0.05) is 34.9 Å². The number of aromatic nitrogens is 2. The summed E-state index contributed by atoms with van der Waals surface area (Å²) in [4.78, 5) is 14.7. The lowest BCUT2D eigenvalue weighted by molar-refractivity contribution is 0.102. The smallest absolute Gasteiger partial charge is 0.173 e. The van der Waals surface area contributed by atoms with Gasteiger partial charge >= 0.3 is 0 Å². The second-order valence-corrected chi connectivity index (χ2v) is 8.50. The van der Waals surface area contributed by atoms with Gasteiger partial charge in [0.05, 0.1) is 11.4 Å². The lowest BCUT2D eigenvalue weighted by atomic mass is 10.1. The second kappa shape index (κ2) is 9.42. The number of piperidine rings is 1. The molecule has 1 aliphatic heterocycles. The van der Waals surface area contributed by atoms with Gasteiger partial charge in [0.25, 0.3) is 0 Å². The van der Waals surface area contributed by atoms with Crippen LogP contribution in [0.3, 0.4) is 0 Å². The Labute approximate surface area is 180 Å². The quantitative estimate of drug-likeness (QED) is 0.372. The van der Waals surface area contributed by atoms with Crippen LogP contribution in [0.1, 0.15) is 29.6 Å². The third-order valence-corrected chi connectivity index (χ3v) is 6.21. The molecule has 2 heterocycles. The molecule has 2 aromatic carbocycles. The highest BCUT2D eigenvalue weighted by Gasteiger charge is 2.11. The Kier molecular flexibility index (Phi) is 6.47. The molecule has 148 valence electrons. The van der Waals surface area contributed by atoms with Crippen molar-refractivity contribution in [3.05, 3.63) is 71.2 Å². The predicted molar refractivity (Wildman–Crippen MR) is 120 cm³/mol. The largest absolute Gasteiger partial charge is 0.372 e. The van der Waals surface area contributed by atoms with Gasteiger partial charge in [-0.15, -0.1) is 10.2 Å². The van der Waals surface area contributed by atoms with E-state index in [0.717, 1.165) is 29.4 Å². The molecule has 0 spiro atoms. The summed E-state index contributed by atoms with van der Waals surface area (Å²) >= 11 is 7.26. The molecule has 1 fully saturated rings. The van der Waals surface area contributed by atoms with Crippen LogP contribution >= 0.6 is 23.4 Å². The van der Waals surface area contributed by atoms with Crippen LogP contribution in [0, 0.1) is 0 Å². The van der Waals surface area contributed by atoms with Gasteiger partial charge in [0.2, 0.25) is 0 Å². The minimum Gasteiger partial charge on any atom is -0.372 e. The molecule has 4 rings (SSSR count). The molecule has 1 saturated heterocycles. The highest BCUT2D eigenvalue weighted by atomic mass is 35.5. The Bertz CT molecular complexity index is 953. The fourth-order valence-corrected chi connectivity index (χ4v) is 4.24. The normalized spacial score (nSPS) is 14.0. The van der Waals surface area contributed by atoms with Crippen LogP contribution in [0.5, 0.6) is 0 Å². The molecule has 0 aliphatic carbocycles. The number of hydrogen-bond donors (Lipinski definition) is 0. The van der Waals surface area contributed by atoms with Crippen molar-refractivity contribution in [2.45, 2.75) is 24.3 Å². The third-order valence-electron chi connectivity index (χ3n) is 5.04. The van der Waals surface area contributed by atoms with Crippen molar-refractivity contribution in [2.24, 2.45) is 0 Å². The van der Waals surface area contributed by atoms with Crippen LogP contribution in [-0.2, 0) is 0 Å². The Hall–Kier alpha value is -2.37. The van der Waals surface area contributed by atoms with Gasteiger partial charge in [-0.25, -0.2) is 0 Å². The number of benzene rings is 2. The van der Waals surface area contributed by atoms with Gasteiger partial charge in [0.15, 0.2) is 5.78 Å². The minimum atomic E-state index is 0.0471. The molecule has 0 saturated carbocycles. The van der Waals surface area contributed by atoms with E-state index in [1.807, 2.05) is 12.1 Å². The molecule has 0 unspecified atom stereocenters. The molecular weight excluding hydrogens is 402 g/mol. The molecule has 29 heavy (non-hydrogen) atoms. The monoisotopic (exact) mass is 423 g/mol. The van der Waals surface area contributed by atoms with E-state index in [1.165, 1.54) is 36.7 Å². The van der Waals surface area contributed by atoms with E-state index in [9.17, 15) is 4.79 Å². The molecule has 6 heteroatoms. The molecular formula is C23H22ClN3OS. The van der Waals surface area contributed by atoms with Gasteiger partial charge in [0.1, 0.15) is 5.03 Å². The number of halogens is 1. The van der Waals surface area contributed by atoms with Gasteiger partial charge in [-0.2, -0.15) is 0 Å². The van der Waals surface area contributed by atoms with Gasteiger partial charge < -0.3 is 4.90 Å². The summed E-state index contributed by atoms with van der Waals surface area (Å²) < 4.78 is 0. The Balaban J connectivity index is 1.36. The summed E-state index contributed by atoms with van der Waals surface area (Å²) in [6.45, 7) is 2.28. The van der Waals surface area contributed by atoms with Crippen LogP contribution in [0.4, 0.5) is 5.69 Å². The van der Waals surface area contributed by atoms with Crippen LogP contribution in [0.15, 0.2) is 65.7 Å². The maximum Gasteiger partial charge on any atom is 0.173 e. The maximum atomic E-state index is 12.3. The first kappa shape index (κ1) is 19.9. The number of ketones is 1. The number of carbonyl (C=O) groups is 1. The summed E-state index contributed by atoms with van der Waals surface area (Å²) in [5, 5.41) is 9.98. The first-order valence-electron chi connectivity index (χ1n) is 9.80. The zero-order valence-electron chi connectivity index (χ0n) is 16.1. The maximum absolute atomic E-state index is 12.3. The number of hydrogen-bond acceptors (Lipinski definition) is 5. The van der Waals surface area contributed by atoms with E-state index >= 15 is 0 Å². The van der Waals surface area contributed by atoms with E-state index in [1.54, 1.807) is 24.3 Å². The average Bonchev–Trinajstić information content (AvgIpc) is 2.79. The van der Waals surface area contributed by atoms with Crippen LogP contribution in [0.2, 0.25) is 5.02 Å². The zero-order valence-corrected chi connectivity index (χ0v) is 17.6. The second-order valence-electron chi connectivity index (χ2n) is 7.07. The van der Waals surface area contributed by atoms with Gasteiger partial charge in [-0.1, -0.05) is 35.5 Å². The van der Waals surface area contributed by atoms with Gasteiger partial charge in [-0.05, 0) is 67.8 Å². The molecule has 3 aromatic rings. The Morgan fingerprint density at radius 3 is 2.28 bits per heavy atom. The van der Waals surface area contributed by atoms with Crippen molar-refractivity contribution in [3.8, 4) is 11.3 Å². The number of rotatable bonds is 6. The molecule has 0 atom stereocenters. The van der Waals surface area contributed by atoms with Crippen molar-refractivity contribution < 1.29 is 4.79 Å². The molecule has 0 N–H and O–H groups in total. The zero-order chi connectivity index (χ0) is 20.1. The standard InChI is InChI=1S/C23H22ClN3OS/c24-19-8-4-18(5-9-19)22(28)16-29-23-13-12-21(25-26-23)17-6-10-20(11-7-17)27-14-2-1-3-15-27/h4-13H,1-3,14-16H2. The highest BCUT2D eigenvalue weighted by Crippen LogP contribution is 2.25. The Morgan fingerprint density at radius 2 is 1.62 bits per heavy atom. The van der Waals surface area contributed by atoms with E-state index in [0.29, 0.717) is 16.3 Å². The summed E-state index contributed by atoms with van der Waals surface area (Å²) in [5.41, 5.74) is 3.81. The molecule has 1 aliphatic rings. The van der Waals surface area contributed by atoms with Crippen molar-refractivity contribution in [1.82, 2.24) is 10.2 Å². The first-order chi connectivity index (χ1) is 14.2. The third kappa shape index (κ3) is 5.17. The number of Topliss-reactive ketones (excluding diaryl/α,β-unsaturated/α-hetero) is 1. The van der Waals surface area contributed by atoms with E-state index in [2.05, 4.69) is 39.4 Å². The van der Waals surface area contributed by atoms with Crippen molar-refractivity contribution in [2.75, 3.05) is 23.7 Å². The fraction of sp³-hybridized carbons (Fsp3) is 0.261. The van der Waals surface area contributed by atoms with Crippen molar-refractivity contribution >= 4 is 34.8 Å². The summed E-state index contributed by atoms with van der Waals surface area (Å²) in [5.74, 6) is 0.367. The predicted octanol–water partition coefficient (Wildman–Crippen LogP) is 5.76. The average molecular weight is 424 g/mol. The summed E-state index contributed by atoms with van der Waals surface area (Å²) in [6, 6.07) is 19.3. The topological polar surface area (TPSA) is 46.1 Å². The molecule has 0 radical (unpaired) electrons. The van der Waals surface area contributed by atoms with Crippen molar-refractivity contribution in [3.63, 3.8) is 0 Å². The van der Waals surface area contributed by atoms with Crippen molar-refractivity contribution in [1.29, 1.82) is 0 Å². The molecule has 0 amide bonds. The highest BCUT2D eigenvalue weighted by molar-refractivity contribution is 7.99. The van der Waals surface area contributed by atoms with Crippen LogP contribution in [-0.4, -0.2) is 34.8 Å². The first-order valence-corrected chi connectivity index (χ1v) is 11.2. The molecule has 1 aromatic heterocycles. The van der Waals surface area contributed by atoms with Crippen LogP contribution < -0.4 is 4.90 Å². The van der Waals surface area contributed by atoms with E-state index in [4.69, 9.17) is 11.6 Å². The lowest BCUT2D eigenvalue weighted by Gasteiger charge is -2.28. The number of anilines is 1. The number of thioether (sulfide) groups is 1. The number of carbonyl (C=O) groups excluding carboxylic acids is 1. The number of nitrogens with zero attached hydrogens (tertiary/aromatic N) is 3. The Morgan fingerprint density at radius 1 is 0.897 bits per heavy atom. The minimum absolute atomic E-state index is 0.0471. The van der Waals surface area contributed by atoms with E-state index < -0.39 is 0 Å². The van der Waals surface area contributed by atoms with Gasteiger partial charge in [-0.3, -0.25) is 4.79 Å². The lowest BCUT2D eigenvalue weighted by Crippen LogP contribution is -2.29. The van der Waals surface area contributed by atoms with E-state index in [-0.39, 0.29) is 5.78 Å². The SMILES string of the molecule is O=C(CSc1ccc(-c2ccc(N3CCCCC3)cc2)nn1)c1ccc(Cl)cc1. The summed E-state index contributed by atoms with van der Waals surface area (Å²) in [7, 11) is 0.